The van der Waals surface area contributed by atoms with Crippen molar-refractivity contribution in [1.29, 1.82) is 0 Å². The second-order valence-electron chi connectivity index (χ2n) is 6.10. The van der Waals surface area contributed by atoms with E-state index < -0.39 is 0 Å². The van der Waals surface area contributed by atoms with Crippen LogP contribution in [0.2, 0.25) is 0 Å². The van der Waals surface area contributed by atoms with E-state index in [1.165, 1.54) is 22.2 Å². The first-order chi connectivity index (χ1) is 9.51. The fourth-order valence-electron chi connectivity index (χ4n) is 2.34. The number of benzene rings is 1. The van der Waals surface area contributed by atoms with Crippen molar-refractivity contribution in [3.05, 3.63) is 41.1 Å². The van der Waals surface area contributed by atoms with E-state index in [1.54, 1.807) is 0 Å². The Morgan fingerprint density at radius 1 is 1.10 bits per heavy atom. The molecule has 2 nitrogen and oxygen atoms in total. The second-order valence-corrected chi connectivity index (χ2v) is 6.10. The summed E-state index contributed by atoms with van der Waals surface area (Å²) in [6.07, 6.45) is 1.07. The molecule has 1 aromatic carbocycles. The number of fused-ring (bicyclic) bond motifs is 1. The zero-order valence-electron chi connectivity index (χ0n) is 13.3. The molecule has 108 valence electrons. The van der Waals surface area contributed by atoms with Gasteiger partial charge in [0.2, 0.25) is 0 Å². The third-order valence-electron chi connectivity index (χ3n) is 3.68. The molecule has 1 heterocycles. The highest BCUT2D eigenvalue weighted by Gasteiger charge is 2.09. The predicted octanol–water partition coefficient (Wildman–Crippen LogP) is 4.42. The average Bonchev–Trinajstić information content (AvgIpc) is 2.43. The highest BCUT2D eigenvalue weighted by atomic mass is 14.9. The normalized spacial score (nSPS) is 11.8. The zero-order valence-corrected chi connectivity index (χ0v) is 13.3. The summed E-state index contributed by atoms with van der Waals surface area (Å²) in [7, 11) is 0. The van der Waals surface area contributed by atoms with Crippen LogP contribution in [0.25, 0.3) is 10.9 Å². The summed E-state index contributed by atoms with van der Waals surface area (Å²) in [4.78, 5) is 4.81. The standard InChI is InChI=1S/C18H26N2/c1-6-14-7-8-17-16(9-14)15(11-19-13(4)5)10-18(20-17)12(2)3/h7-10,12-13,19H,6,11H2,1-5H3. The number of nitrogens with zero attached hydrogens (tertiary/aromatic N) is 1. The minimum atomic E-state index is 0.461. The van der Waals surface area contributed by atoms with Gasteiger partial charge < -0.3 is 5.32 Å². The van der Waals surface area contributed by atoms with E-state index in [2.05, 4.69) is 64.2 Å². The highest BCUT2D eigenvalue weighted by molar-refractivity contribution is 5.83. The summed E-state index contributed by atoms with van der Waals surface area (Å²) < 4.78 is 0. The summed E-state index contributed by atoms with van der Waals surface area (Å²) >= 11 is 0. The topological polar surface area (TPSA) is 24.9 Å². The third-order valence-corrected chi connectivity index (χ3v) is 3.68. The molecule has 0 amide bonds. The van der Waals surface area contributed by atoms with Gasteiger partial charge in [-0.2, -0.15) is 0 Å². The van der Waals surface area contributed by atoms with Crippen molar-refractivity contribution >= 4 is 10.9 Å². The van der Waals surface area contributed by atoms with E-state index in [4.69, 9.17) is 4.98 Å². The van der Waals surface area contributed by atoms with Crippen LogP contribution in [0.4, 0.5) is 0 Å². The van der Waals surface area contributed by atoms with Crippen LogP contribution in [-0.4, -0.2) is 11.0 Å². The van der Waals surface area contributed by atoms with Crippen molar-refractivity contribution < 1.29 is 0 Å². The van der Waals surface area contributed by atoms with Gasteiger partial charge in [0, 0.05) is 23.7 Å². The molecule has 0 spiro atoms. The van der Waals surface area contributed by atoms with Gasteiger partial charge in [-0.05, 0) is 41.7 Å². The molecule has 2 heteroatoms. The first-order valence-electron chi connectivity index (χ1n) is 7.67. The summed E-state index contributed by atoms with van der Waals surface area (Å²) in [6.45, 7) is 11.9. The monoisotopic (exact) mass is 270 g/mol. The van der Waals surface area contributed by atoms with Crippen molar-refractivity contribution in [3.8, 4) is 0 Å². The van der Waals surface area contributed by atoms with Gasteiger partial charge in [-0.25, -0.2) is 0 Å². The van der Waals surface area contributed by atoms with Gasteiger partial charge in [0.15, 0.2) is 0 Å². The molecule has 0 fully saturated rings. The largest absolute Gasteiger partial charge is 0.310 e. The molecule has 2 rings (SSSR count). The van der Waals surface area contributed by atoms with Crippen LogP contribution in [-0.2, 0) is 13.0 Å². The van der Waals surface area contributed by atoms with Crippen molar-refractivity contribution in [1.82, 2.24) is 10.3 Å². The van der Waals surface area contributed by atoms with Crippen molar-refractivity contribution in [2.24, 2.45) is 0 Å². The van der Waals surface area contributed by atoms with Crippen molar-refractivity contribution in [2.45, 2.75) is 59.5 Å². The fraction of sp³-hybridized carbons (Fsp3) is 0.500. The van der Waals surface area contributed by atoms with E-state index in [0.29, 0.717) is 12.0 Å². The lowest BCUT2D eigenvalue weighted by Gasteiger charge is -2.14. The van der Waals surface area contributed by atoms with Gasteiger partial charge >= 0.3 is 0 Å². The van der Waals surface area contributed by atoms with E-state index in [9.17, 15) is 0 Å². The predicted molar refractivity (Wildman–Crippen MR) is 87.2 cm³/mol. The van der Waals surface area contributed by atoms with Crippen molar-refractivity contribution in [2.75, 3.05) is 0 Å². The van der Waals surface area contributed by atoms with E-state index in [1.807, 2.05) is 0 Å². The molecule has 20 heavy (non-hydrogen) atoms. The number of hydrogen-bond donors (Lipinski definition) is 1. The Kier molecular flexibility index (Phi) is 4.77. The molecule has 0 saturated heterocycles. The summed E-state index contributed by atoms with van der Waals surface area (Å²) in [5.74, 6) is 0.461. The Bertz CT molecular complexity index is 585. The Morgan fingerprint density at radius 2 is 1.85 bits per heavy atom. The van der Waals surface area contributed by atoms with Gasteiger partial charge in [0.1, 0.15) is 0 Å². The first kappa shape index (κ1) is 15.0. The molecule has 0 aliphatic carbocycles. The van der Waals surface area contributed by atoms with Gasteiger partial charge in [-0.15, -0.1) is 0 Å². The minimum Gasteiger partial charge on any atom is -0.310 e. The minimum absolute atomic E-state index is 0.461. The molecule has 0 aliphatic rings. The van der Waals surface area contributed by atoms with E-state index in [0.717, 1.165) is 18.5 Å². The van der Waals surface area contributed by atoms with Gasteiger partial charge in [0.25, 0.3) is 0 Å². The molecular formula is C18H26N2. The summed E-state index contributed by atoms with van der Waals surface area (Å²) in [5.41, 5.74) is 5.04. The fourth-order valence-corrected chi connectivity index (χ4v) is 2.34. The third kappa shape index (κ3) is 3.37. The van der Waals surface area contributed by atoms with Crippen LogP contribution >= 0.6 is 0 Å². The number of hydrogen-bond acceptors (Lipinski definition) is 2. The second kappa shape index (κ2) is 6.36. The van der Waals surface area contributed by atoms with Crippen LogP contribution in [0, 0.1) is 0 Å². The van der Waals surface area contributed by atoms with E-state index in [-0.39, 0.29) is 0 Å². The maximum atomic E-state index is 4.81. The average molecular weight is 270 g/mol. The van der Waals surface area contributed by atoms with E-state index >= 15 is 0 Å². The quantitative estimate of drug-likeness (QED) is 0.870. The Balaban J connectivity index is 2.52. The molecule has 0 saturated carbocycles. The van der Waals surface area contributed by atoms with Crippen LogP contribution < -0.4 is 5.32 Å². The van der Waals surface area contributed by atoms with Crippen molar-refractivity contribution in [3.63, 3.8) is 0 Å². The lowest BCUT2D eigenvalue weighted by Crippen LogP contribution is -2.22. The molecule has 1 N–H and O–H groups in total. The number of pyridine rings is 1. The molecule has 0 aliphatic heterocycles. The van der Waals surface area contributed by atoms with Crippen LogP contribution in [0.3, 0.4) is 0 Å². The van der Waals surface area contributed by atoms with Crippen LogP contribution in [0.15, 0.2) is 24.3 Å². The number of nitrogens with one attached hydrogen (secondary N) is 1. The SMILES string of the molecule is CCc1ccc2nc(C(C)C)cc(CNC(C)C)c2c1. The molecule has 2 aromatic rings. The molecule has 0 atom stereocenters. The number of aromatic nitrogens is 1. The lowest BCUT2D eigenvalue weighted by molar-refractivity contribution is 0.590. The molecule has 0 bridgehead atoms. The van der Waals surface area contributed by atoms with Gasteiger partial charge in [0.05, 0.1) is 5.52 Å². The number of aryl methyl sites for hydroxylation is 1. The summed E-state index contributed by atoms with van der Waals surface area (Å²) in [5, 5.41) is 4.82. The number of rotatable bonds is 5. The molecule has 0 unspecified atom stereocenters. The van der Waals surface area contributed by atoms with Gasteiger partial charge in [-0.1, -0.05) is 40.7 Å². The Hall–Kier alpha value is -1.41. The van der Waals surface area contributed by atoms with Crippen LogP contribution in [0.5, 0.6) is 0 Å². The molecule has 0 radical (unpaired) electrons. The first-order valence-corrected chi connectivity index (χ1v) is 7.67. The molecule has 1 aromatic heterocycles. The highest BCUT2D eigenvalue weighted by Crippen LogP contribution is 2.24. The summed E-state index contributed by atoms with van der Waals surface area (Å²) in [6, 6.07) is 9.42. The Labute approximate surface area is 122 Å². The lowest BCUT2D eigenvalue weighted by atomic mass is 10.0. The Morgan fingerprint density at radius 3 is 2.45 bits per heavy atom. The maximum Gasteiger partial charge on any atom is 0.0708 e. The zero-order chi connectivity index (χ0) is 14.7. The van der Waals surface area contributed by atoms with Crippen LogP contribution in [0.1, 0.15) is 57.4 Å². The maximum absolute atomic E-state index is 4.81. The molecular weight excluding hydrogens is 244 g/mol. The van der Waals surface area contributed by atoms with Gasteiger partial charge in [-0.3, -0.25) is 4.98 Å². The smallest absolute Gasteiger partial charge is 0.0708 e.